The van der Waals surface area contributed by atoms with Gasteiger partial charge in [0.15, 0.2) is 0 Å². The smallest absolute Gasteiger partial charge is 0.319 e. The molecule has 19 heavy (non-hydrogen) atoms. The number of rotatable bonds is 5. The van der Waals surface area contributed by atoms with Crippen LogP contribution in [0.15, 0.2) is 18.2 Å². The summed E-state index contributed by atoms with van der Waals surface area (Å²) in [5, 5.41) is 14.1. The third kappa shape index (κ3) is 4.99. The summed E-state index contributed by atoms with van der Waals surface area (Å²) in [6, 6.07) is 5.36. The van der Waals surface area contributed by atoms with Crippen LogP contribution in [0.3, 0.4) is 0 Å². The minimum absolute atomic E-state index is 0.319. The van der Waals surface area contributed by atoms with Crippen LogP contribution in [0.25, 0.3) is 0 Å². The molecule has 0 spiro atoms. The summed E-state index contributed by atoms with van der Waals surface area (Å²) in [4.78, 5) is 22.2. The summed E-state index contributed by atoms with van der Waals surface area (Å²) in [7, 11) is 0. The van der Waals surface area contributed by atoms with Crippen molar-refractivity contribution in [3.05, 3.63) is 29.3 Å². The SMILES string of the molecule is Cc1ccc(NC(=O)NCCC(C)C(=O)O)cc1C. The summed E-state index contributed by atoms with van der Waals surface area (Å²) in [5.74, 6) is -1.31. The van der Waals surface area contributed by atoms with E-state index in [9.17, 15) is 9.59 Å². The summed E-state index contributed by atoms with van der Waals surface area (Å²) >= 11 is 0. The van der Waals surface area contributed by atoms with Gasteiger partial charge in [0.1, 0.15) is 0 Å². The lowest BCUT2D eigenvalue weighted by molar-refractivity contribution is -0.141. The molecule has 0 bridgehead atoms. The number of carbonyl (C=O) groups excluding carboxylic acids is 1. The molecule has 1 rings (SSSR count). The Balaban J connectivity index is 2.39. The maximum absolute atomic E-state index is 11.6. The Kier molecular flexibility index (Phi) is 5.36. The average molecular weight is 264 g/mol. The molecule has 0 saturated carbocycles. The third-order valence-electron chi connectivity index (χ3n) is 3.05. The number of carbonyl (C=O) groups is 2. The topological polar surface area (TPSA) is 78.4 Å². The molecule has 1 atom stereocenters. The first-order chi connectivity index (χ1) is 8.90. The quantitative estimate of drug-likeness (QED) is 0.764. The van der Waals surface area contributed by atoms with Crippen molar-refractivity contribution < 1.29 is 14.7 Å². The molecule has 3 N–H and O–H groups in total. The van der Waals surface area contributed by atoms with Gasteiger partial charge in [-0.05, 0) is 43.5 Å². The summed E-state index contributed by atoms with van der Waals surface area (Å²) in [5.41, 5.74) is 3.01. The van der Waals surface area contributed by atoms with Crippen molar-refractivity contribution in [1.29, 1.82) is 0 Å². The van der Waals surface area contributed by atoms with Crippen molar-refractivity contribution in [3.8, 4) is 0 Å². The predicted molar refractivity (Wildman–Crippen MR) is 74.4 cm³/mol. The summed E-state index contributed by atoms with van der Waals surface area (Å²) in [6.07, 6.45) is 0.412. The number of hydrogen-bond donors (Lipinski definition) is 3. The number of carboxylic acids is 1. The van der Waals surface area contributed by atoms with Crippen molar-refractivity contribution in [2.75, 3.05) is 11.9 Å². The first-order valence-electron chi connectivity index (χ1n) is 6.25. The Labute approximate surface area is 113 Å². The van der Waals surface area contributed by atoms with E-state index >= 15 is 0 Å². The van der Waals surface area contributed by atoms with Gasteiger partial charge >= 0.3 is 12.0 Å². The fourth-order valence-corrected chi connectivity index (χ4v) is 1.52. The summed E-state index contributed by atoms with van der Waals surface area (Å²) < 4.78 is 0. The highest BCUT2D eigenvalue weighted by Gasteiger charge is 2.10. The van der Waals surface area contributed by atoms with E-state index in [0.717, 1.165) is 11.3 Å². The van der Waals surface area contributed by atoms with Crippen molar-refractivity contribution in [1.82, 2.24) is 5.32 Å². The van der Waals surface area contributed by atoms with Crippen LogP contribution in [0.1, 0.15) is 24.5 Å². The second kappa shape index (κ2) is 6.78. The van der Waals surface area contributed by atoms with E-state index in [4.69, 9.17) is 5.11 Å². The molecule has 1 aromatic carbocycles. The highest BCUT2D eigenvalue weighted by Crippen LogP contribution is 2.13. The van der Waals surface area contributed by atoms with E-state index in [0.29, 0.717) is 13.0 Å². The Morgan fingerprint density at radius 3 is 2.53 bits per heavy atom. The van der Waals surface area contributed by atoms with Gasteiger partial charge < -0.3 is 15.7 Å². The Hall–Kier alpha value is -2.04. The van der Waals surface area contributed by atoms with Gasteiger partial charge in [-0.25, -0.2) is 4.79 Å². The van der Waals surface area contributed by atoms with Gasteiger partial charge in [0, 0.05) is 12.2 Å². The van der Waals surface area contributed by atoms with E-state index in [2.05, 4.69) is 10.6 Å². The van der Waals surface area contributed by atoms with Gasteiger partial charge in [-0.15, -0.1) is 0 Å². The van der Waals surface area contributed by atoms with Crippen molar-refractivity contribution in [2.45, 2.75) is 27.2 Å². The standard InChI is InChI=1S/C14H20N2O3/c1-9-4-5-12(8-11(9)3)16-14(19)15-7-6-10(2)13(17)18/h4-5,8,10H,6-7H2,1-3H3,(H,17,18)(H2,15,16,19). The molecule has 0 saturated heterocycles. The zero-order valence-corrected chi connectivity index (χ0v) is 11.5. The number of urea groups is 1. The number of aliphatic carboxylic acids is 1. The lowest BCUT2D eigenvalue weighted by atomic mass is 10.1. The number of carboxylic acid groups (broad SMARTS) is 1. The van der Waals surface area contributed by atoms with Crippen LogP contribution in [0, 0.1) is 19.8 Å². The molecule has 5 nitrogen and oxygen atoms in total. The van der Waals surface area contributed by atoms with Crippen LogP contribution in [0.4, 0.5) is 10.5 Å². The van der Waals surface area contributed by atoms with Crippen LogP contribution in [-0.4, -0.2) is 23.7 Å². The lowest BCUT2D eigenvalue weighted by Crippen LogP contribution is -2.31. The molecule has 0 radical (unpaired) electrons. The highest BCUT2D eigenvalue weighted by atomic mass is 16.4. The zero-order valence-electron chi connectivity index (χ0n) is 11.5. The number of amides is 2. The van der Waals surface area contributed by atoms with Crippen molar-refractivity contribution in [3.63, 3.8) is 0 Å². The lowest BCUT2D eigenvalue weighted by Gasteiger charge is -2.10. The maximum atomic E-state index is 11.6. The second-order valence-electron chi connectivity index (χ2n) is 4.71. The number of nitrogens with one attached hydrogen (secondary N) is 2. The average Bonchev–Trinajstić information content (AvgIpc) is 2.33. The molecular weight excluding hydrogens is 244 g/mol. The molecule has 0 aliphatic rings. The Bertz CT molecular complexity index is 472. The zero-order chi connectivity index (χ0) is 14.4. The van der Waals surface area contributed by atoms with Gasteiger partial charge in [0.2, 0.25) is 0 Å². The highest BCUT2D eigenvalue weighted by molar-refractivity contribution is 5.89. The van der Waals surface area contributed by atoms with E-state index in [1.165, 1.54) is 5.56 Å². The minimum atomic E-state index is -0.851. The van der Waals surface area contributed by atoms with Gasteiger partial charge in [0.05, 0.1) is 5.92 Å². The molecule has 1 aromatic rings. The number of benzene rings is 1. The van der Waals surface area contributed by atoms with E-state index in [1.807, 2.05) is 32.0 Å². The molecule has 104 valence electrons. The fraction of sp³-hybridized carbons (Fsp3) is 0.429. The third-order valence-corrected chi connectivity index (χ3v) is 3.05. The molecule has 0 fully saturated rings. The summed E-state index contributed by atoms with van der Waals surface area (Å²) in [6.45, 7) is 5.94. The Morgan fingerprint density at radius 2 is 1.95 bits per heavy atom. The number of anilines is 1. The molecule has 0 aromatic heterocycles. The molecule has 0 aliphatic carbocycles. The maximum Gasteiger partial charge on any atom is 0.319 e. The van der Waals surface area contributed by atoms with Crippen LogP contribution < -0.4 is 10.6 Å². The number of hydrogen-bond acceptors (Lipinski definition) is 2. The monoisotopic (exact) mass is 264 g/mol. The molecule has 0 heterocycles. The molecule has 0 aliphatic heterocycles. The fourth-order valence-electron chi connectivity index (χ4n) is 1.52. The first kappa shape index (κ1) is 15.0. The van der Waals surface area contributed by atoms with Crippen LogP contribution in [0.2, 0.25) is 0 Å². The minimum Gasteiger partial charge on any atom is -0.481 e. The van der Waals surface area contributed by atoms with Crippen LogP contribution >= 0.6 is 0 Å². The van der Waals surface area contributed by atoms with Crippen molar-refractivity contribution in [2.24, 2.45) is 5.92 Å². The van der Waals surface area contributed by atoms with Crippen LogP contribution in [0.5, 0.6) is 0 Å². The van der Waals surface area contributed by atoms with Gasteiger partial charge in [-0.3, -0.25) is 4.79 Å². The van der Waals surface area contributed by atoms with Gasteiger partial charge in [-0.1, -0.05) is 13.0 Å². The molecular formula is C14H20N2O3. The normalized spacial score (nSPS) is 11.7. The second-order valence-corrected chi connectivity index (χ2v) is 4.71. The van der Waals surface area contributed by atoms with Crippen molar-refractivity contribution >= 4 is 17.7 Å². The largest absolute Gasteiger partial charge is 0.481 e. The van der Waals surface area contributed by atoms with E-state index in [-0.39, 0.29) is 6.03 Å². The predicted octanol–water partition coefficient (Wildman–Crippen LogP) is 2.54. The first-order valence-corrected chi connectivity index (χ1v) is 6.25. The molecule has 5 heteroatoms. The Morgan fingerprint density at radius 1 is 1.26 bits per heavy atom. The van der Waals surface area contributed by atoms with Gasteiger partial charge in [-0.2, -0.15) is 0 Å². The molecule has 1 unspecified atom stereocenters. The van der Waals surface area contributed by atoms with E-state index in [1.54, 1.807) is 6.92 Å². The molecule has 2 amide bonds. The van der Waals surface area contributed by atoms with Crippen LogP contribution in [-0.2, 0) is 4.79 Å². The number of aryl methyl sites for hydroxylation is 2. The van der Waals surface area contributed by atoms with E-state index < -0.39 is 11.9 Å². The van der Waals surface area contributed by atoms with Gasteiger partial charge in [0.25, 0.3) is 0 Å².